The van der Waals surface area contributed by atoms with E-state index in [0.717, 1.165) is 29.9 Å². The van der Waals surface area contributed by atoms with E-state index in [1.807, 2.05) is 43.9 Å². The highest BCUT2D eigenvalue weighted by Gasteiger charge is 2.32. The molecule has 1 fully saturated rings. The van der Waals surface area contributed by atoms with Crippen molar-refractivity contribution in [3.63, 3.8) is 0 Å². The summed E-state index contributed by atoms with van der Waals surface area (Å²) in [5, 5.41) is 2.69. The number of rotatable bonds is 9. The highest BCUT2D eigenvalue weighted by molar-refractivity contribution is 5.77. The number of amides is 2. The molecule has 0 unspecified atom stereocenters. The van der Waals surface area contributed by atoms with Crippen molar-refractivity contribution in [1.82, 2.24) is 10.2 Å². The van der Waals surface area contributed by atoms with E-state index in [2.05, 4.69) is 5.32 Å². The minimum absolute atomic E-state index is 0.0818. The third-order valence-corrected chi connectivity index (χ3v) is 4.37. The monoisotopic (exact) mass is 392 g/mol. The van der Waals surface area contributed by atoms with Gasteiger partial charge in [-0.05, 0) is 58.2 Å². The zero-order valence-corrected chi connectivity index (χ0v) is 17.5. The van der Waals surface area contributed by atoms with Crippen LogP contribution in [0.4, 0.5) is 4.79 Å². The Kier molecular flexibility index (Phi) is 7.54. The topological polar surface area (TPSA) is 77.1 Å². The molecule has 0 aromatic heterocycles. The summed E-state index contributed by atoms with van der Waals surface area (Å²) in [5.74, 6) is 1.56. The number of nitrogens with one attached hydrogen (secondary N) is 1. The molecule has 0 heterocycles. The Morgan fingerprint density at radius 3 is 2.46 bits per heavy atom. The van der Waals surface area contributed by atoms with Gasteiger partial charge >= 0.3 is 6.09 Å². The Hall–Kier alpha value is -2.44. The van der Waals surface area contributed by atoms with Crippen LogP contribution in [0.5, 0.6) is 11.5 Å². The third kappa shape index (κ3) is 6.94. The van der Waals surface area contributed by atoms with E-state index in [1.165, 1.54) is 0 Å². The van der Waals surface area contributed by atoms with E-state index in [0.29, 0.717) is 25.9 Å². The van der Waals surface area contributed by atoms with Gasteiger partial charge < -0.3 is 24.4 Å². The van der Waals surface area contributed by atoms with Crippen LogP contribution in [-0.2, 0) is 16.1 Å². The largest absolute Gasteiger partial charge is 0.497 e. The van der Waals surface area contributed by atoms with Crippen molar-refractivity contribution >= 4 is 12.0 Å². The molecular weight excluding hydrogens is 360 g/mol. The third-order valence-electron chi connectivity index (χ3n) is 4.37. The van der Waals surface area contributed by atoms with Gasteiger partial charge in [0.05, 0.1) is 14.2 Å². The Bertz CT molecular complexity index is 680. The van der Waals surface area contributed by atoms with Gasteiger partial charge in [0, 0.05) is 31.1 Å². The fourth-order valence-corrected chi connectivity index (χ4v) is 2.88. The summed E-state index contributed by atoms with van der Waals surface area (Å²) in [6.07, 6.45) is 2.53. The number of carbonyl (C=O) groups is 2. The second-order valence-electron chi connectivity index (χ2n) is 7.96. The molecular formula is C21H32N2O5. The van der Waals surface area contributed by atoms with Crippen LogP contribution in [0.25, 0.3) is 0 Å². The number of hydrogen-bond donors (Lipinski definition) is 1. The molecule has 2 amide bonds. The molecule has 0 saturated heterocycles. The Morgan fingerprint density at radius 1 is 1.18 bits per heavy atom. The van der Waals surface area contributed by atoms with Crippen molar-refractivity contribution in [1.29, 1.82) is 0 Å². The van der Waals surface area contributed by atoms with Crippen molar-refractivity contribution in [2.24, 2.45) is 0 Å². The predicted octanol–water partition coefficient (Wildman–Crippen LogP) is 3.50. The first-order valence-corrected chi connectivity index (χ1v) is 9.70. The number of nitrogens with zero attached hydrogens (tertiary/aromatic N) is 1. The second kappa shape index (κ2) is 9.66. The van der Waals surface area contributed by atoms with Gasteiger partial charge in [-0.2, -0.15) is 0 Å². The first-order valence-electron chi connectivity index (χ1n) is 9.70. The van der Waals surface area contributed by atoms with E-state index in [4.69, 9.17) is 14.2 Å². The SMILES string of the molecule is COc1ccc(OC)c(CN(C(=O)CCCNC(=O)OC(C)(C)C)C2CC2)c1. The normalized spacial score (nSPS) is 13.6. The zero-order valence-electron chi connectivity index (χ0n) is 17.5. The molecule has 1 N–H and O–H groups in total. The molecule has 1 aromatic carbocycles. The number of carbonyl (C=O) groups excluding carboxylic acids is 2. The maximum atomic E-state index is 12.8. The lowest BCUT2D eigenvalue weighted by molar-refractivity contribution is -0.132. The van der Waals surface area contributed by atoms with Crippen LogP contribution in [-0.4, -0.2) is 49.3 Å². The molecule has 2 rings (SSSR count). The van der Waals surface area contributed by atoms with Crippen molar-refractivity contribution in [2.45, 2.75) is 64.6 Å². The maximum Gasteiger partial charge on any atom is 0.407 e. The van der Waals surface area contributed by atoms with Crippen LogP contribution < -0.4 is 14.8 Å². The van der Waals surface area contributed by atoms with Crippen LogP contribution in [0.15, 0.2) is 18.2 Å². The lowest BCUT2D eigenvalue weighted by atomic mass is 10.1. The number of benzene rings is 1. The van der Waals surface area contributed by atoms with Crippen molar-refractivity contribution in [3.05, 3.63) is 23.8 Å². The smallest absolute Gasteiger partial charge is 0.407 e. The number of alkyl carbamates (subject to hydrolysis) is 1. The van der Waals surface area contributed by atoms with E-state index >= 15 is 0 Å². The van der Waals surface area contributed by atoms with Crippen LogP contribution >= 0.6 is 0 Å². The Morgan fingerprint density at radius 2 is 1.89 bits per heavy atom. The molecule has 0 bridgehead atoms. The van der Waals surface area contributed by atoms with Gasteiger partial charge in [0.25, 0.3) is 0 Å². The fraction of sp³-hybridized carbons (Fsp3) is 0.619. The summed E-state index contributed by atoms with van der Waals surface area (Å²) in [6.45, 7) is 6.34. The molecule has 7 nitrogen and oxygen atoms in total. The average molecular weight is 392 g/mol. The highest BCUT2D eigenvalue weighted by Crippen LogP contribution is 2.32. The van der Waals surface area contributed by atoms with Crippen LogP contribution in [0.1, 0.15) is 52.0 Å². The predicted molar refractivity (Wildman–Crippen MR) is 107 cm³/mol. The lowest BCUT2D eigenvalue weighted by Crippen LogP contribution is -2.35. The van der Waals surface area contributed by atoms with E-state index in [9.17, 15) is 9.59 Å². The Balaban J connectivity index is 1.89. The van der Waals surface area contributed by atoms with Gasteiger partial charge in [-0.25, -0.2) is 4.79 Å². The van der Waals surface area contributed by atoms with Crippen LogP contribution in [0.2, 0.25) is 0 Å². The van der Waals surface area contributed by atoms with Gasteiger partial charge in [-0.15, -0.1) is 0 Å². The second-order valence-corrected chi connectivity index (χ2v) is 7.96. The number of hydrogen-bond acceptors (Lipinski definition) is 5. The summed E-state index contributed by atoms with van der Waals surface area (Å²) in [6, 6.07) is 5.88. The average Bonchev–Trinajstić information content (AvgIpc) is 3.46. The molecule has 156 valence electrons. The first-order chi connectivity index (χ1) is 13.2. The first kappa shape index (κ1) is 21.9. The quantitative estimate of drug-likeness (QED) is 0.651. The standard InChI is InChI=1S/C21H32N2O5/c1-21(2,3)28-20(25)22-12-6-7-19(24)23(16-8-9-16)14-15-13-17(26-4)10-11-18(15)27-5/h10-11,13,16H,6-9,12,14H2,1-5H3,(H,22,25). The van der Waals surface area contributed by atoms with Gasteiger partial charge in [0.15, 0.2) is 0 Å². The summed E-state index contributed by atoms with van der Waals surface area (Å²) in [7, 11) is 3.24. The van der Waals surface area contributed by atoms with Crippen molar-refractivity contribution in [2.75, 3.05) is 20.8 Å². The molecule has 28 heavy (non-hydrogen) atoms. The zero-order chi connectivity index (χ0) is 20.7. The summed E-state index contributed by atoms with van der Waals surface area (Å²) in [5.41, 5.74) is 0.396. The van der Waals surface area contributed by atoms with Gasteiger partial charge in [0.1, 0.15) is 17.1 Å². The summed E-state index contributed by atoms with van der Waals surface area (Å²) >= 11 is 0. The number of methoxy groups -OCH3 is 2. The fourth-order valence-electron chi connectivity index (χ4n) is 2.88. The molecule has 0 radical (unpaired) electrons. The van der Waals surface area contributed by atoms with Crippen LogP contribution in [0, 0.1) is 0 Å². The van der Waals surface area contributed by atoms with Crippen molar-refractivity contribution in [3.8, 4) is 11.5 Å². The minimum Gasteiger partial charge on any atom is -0.497 e. The van der Waals surface area contributed by atoms with E-state index in [-0.39, 0.29) is 11.9 Å². The molecule has 0 atom stereocenters. The number of ether oxygens (including phenoxy) is 3. The highest BCUT2D eigenvalue weighted by atomic mass is 16.6. The molecule has 0 spiro atoms. The van der Waals surface area contributed by atoms with Crippen LogP contribution in [0.3, 0.4) is 0 Å². The molecule has 0 aliphatic heterocycles. The van der Waals surface area contributed by atoms with E-state index < -0.39 is 11.7 Å². The Labute approximate surface area is 167 Å². The van der Waals surface area contributed by atoms with Crippen molar-refractivity contribution < 1.29 is 23.8 Å². The van der Waals surface area contributed by atoms with Gasteiger partial charge in [0.2, 0.25) is 5.91 Å². The van der Waals surface area contributed by atoms with Gasteiger partial charge in [-0.3, -0.25) is 4.79 Å². The summed E-state index contributed by atoms with van der Waals surface area (Å²) < 4.78 is 15.9. The minimum atomic E-state index is -0.529. The van der Waals surface area contributed by atoms with Gasteiger partial charge in [-0.1, -0.05) is 0 Å². The van der Waals surface area contributed by atoms with E-state index in [1.54, 1.807) is 14.2 Å². The summed E-state index contributed by atoms with van der Waals surface area (Å²) in [4.78, 5) is 26.3. The lowest BCUT2D eigenvalue weighted by Gasteiger charge is -2.24. The molecule has 1 aliphatic rings. The molecule has 1 aromatic rings. The molecule has 1 aliphatic carbocycles. The molecule has 7 heteroatoms. The molecule has 1 saturated carbocycles. The maximum absolute atomic E-state index is 12.8.